The molecule has 0 unspecified atom stereocenters. The summed E-state index contributed by atoms with van der Waals surface area (Å²) >= 11 is 0. The maximum atomic E-state index is 11.5. The molecule has 3 N–H and O–H groups in total. The normalized spacial score (nSPS) is 20.0. The van der Waals surface area contributed by atoms with Crippen LogP contribution >= 0.6 is 0 Å². The van der Waals surface area contributed by atoms with Crippen molar-refractivity contribution in [1.29, 1.82) is 0 Å². The first-order chi connectivity index (χ1) is 10.3. The number of likely N-dealkylation sites (tertiary alicyclic amines) is 1. The highest BCUT2D eigenvalue weighted by molar-refractivity contribution is 5.79. The Labute approximate surface area is 133 Å². The second-order valence-electron chi connectivity index (χ2n) is 7.01. The van der Waals surface area contributed by atoms with Crippen LogP contribution in [0.5, 0.6) is 0 Å². The molecule has 1 aromatic rings. The predicted molar refractivity (Wildman–Crippen MR) is 88.3 cm³/mol. The average molecular weight is 304 g/mol. The van der Waals surface area contributed by atoms with Gasteiger partial charge >= 0.3 is 0 Å². The number of primary amides is 1. The maximum absolute atomic E-state index is 11.5. The molecule has 0 spiro atoms. The van der Waals surface area contributed by atoms with Gasteiger partial charge in [0, 0.05) is 6.54 Å². The van der Waals surface area contributed by atoms with Crippen molar-refractivity contribution in [2.75, 3.05) is 6.54 Å². The smallest absolute Gasteiger partial charge is 0.234 e. The van der Waals surface area contributed by atoms with Crippen LogP contribution in [-0.2, 0) is 17.8 Å². The van der Waals surface area contributed by atoms with Gasteiger partial charge in [0.05, 0.1) is 11.6 Å². The number of aliphatic hydroxyl groups is 1. The van der Waals surface area contributed by atoms with Crippen LogP contribution in [0.3, 0.4) is 0 Å². The molecule has 1 heterocycles. The number of hydrogen-bond donors (Lipinski definition) is 2. The molecule has 1 aromatic carbocycles. The summed E-state index contributed by atoms with van der Waals surface area (Å²) in [5, 5.41) is 9.78. The van der Waals surface area contributed by atoms with Crippen LogP contribution in [-0.4, -0.2) is 34.1 Å². The maximum Gasteiger partial charge on any atom is 0.234 e. The highest BCUT2D eigenvalue weighted by atomic mass is 16.3. The Balaban J connectivity index is 1.94. The Morgan fingerprint density at radius 2 is 1.91 bits per heavy atom. The highest BCUT2D eigenvalue weighted by Crippen LogP contribution is 2.20. The lowest BCUT2D eigenvalue weighted by atomic mass is 9.97. The van der Waals surface area contributed by atoms with Gasteiger partial charge in [-0.2, -0.15) is 0 Å². The summed E-state index contributed by atoms with van der Waals surface area (Å²) in [6, 6.07) is 8.34. The highest BCUT2D eigenvalue weighted by Gasteiger charge is 2.26. The van der Waals surface area contributed by atoms with Gasteiger partial charge in [0.2, 0.25) is 5.91 Å². The molecular weight excluding hydrogens is 276 g/mol. The number of benzene rings is 1. The first-order valence-electron chi connectivity index (χ1n) is 8.19. The molecule has 0 saturated carbocycles. The van der Waals surface area contributed by atoms with E-state index in [2.05, 4.69) is 29.2 Å². The summed E-state index contributed by atoms with van der Waals surface area (Å²) in [6.45, 7) is 5.39. The van der Waals surface area contributed by atoms with Crippen molar-refractivity contribution in [2.24, 2.45) is 5.73 Å². The standard InChI is InChI=1S/C18H28N2O2/c1-18(2,22)11-10-14-6-8-15(9-7-14)13-20-12-4-3-5-16(20)17(19)21/h6-9,16,22H,3-5,10-13H2,1-2H3,(H2,19,21)/t16-/m1/s1. The SMILES string of the molecule is CC(C)(O)CCc1ccc(CN2CCCC[C@@H]2C(N)=O)cc1. The monoisotopic (exact) mass is 304 g/mol. The van der Waals surface area contributed by atoms with Crippen molar-refractivity contribution in [3.8, 4) is 0 Å². The fourth-order valence-electron chi connectivity index (χ4n) is 3.00. The Kier molecular flexibility index (Phi) is 5.59. The molecule has 1 fully saturated rings. The van der Waals surface area contributed by atoms with Crippen LogP contribution in [0.2, 0.25) is 0 Å². The van der Waals surface area contributed by atoms with Crippen LogP contribution < -0.4 is 5.73 Å². The topological polar surface area (TPSA) is 66.6 Å². The zero-order chi connectivity index (χ0) is 16.2. The fraction of sp³-hybridized carbons (Fsp3) is 0.611. The van der Waals surface area contributed by atoms with E-state index in [1.165, 1.54) is 11.1 Å². The zero-order valence-electron chi connectivity index (χ0n) is 13.7. The van der Waals surface area contributed by atoms with E-state index in [1.54, 1.807) is 0 Å². The third kappa shape index (κ3) is 5.11. The molecule has 0 bridgehead atoms. The van der Waals surface area contributed by atoms with Gasteiger partial charge in [0.25, 0.3) is 0 Å². The van der Waals surface area contributed by atoms with Gasteiger partial charge in [0.15, 0.2) is 0 Å². The first kappa shape index (κ1) is 17.0. The van der Waals surface area contributed by atoms with Crippen molar-refractivity contribution in [3.63, 3.8) is 0 Å². The molecule has 4 nitrogen and oxygen atoms in total. The summed E-state index contributed by atoms with van der Waals surface area (Å²) in [6.07, 6.45) is 4.71. The summed E-state index contributed by atoms with van der Waals surface area (Å²) < 4.78 is 0. The fourth-order valence-corrected chi connectivity index (χ4v) is 3.00. The molecule has 122 valence electrons. The van der Waals surface area contributed by atoms with Crippen molar-refractivity contribution >= 4 is 5.91 Å². The number of rotatable bonds is 6. The van der Waals surface area contributed by atoms with E-state index in [9.17, 15) is 9.90 Å². The zero-order valence-corrected chi connectivity index (χ0v) is 13.7. The number of piperidine rings is 1. The molecule has 0 aromatic heterocycles. The number of nitrogens with zero attached hydrogens (tertiary/aromatic N) is 1. The van der Waals surface area contributed by atoms with E-state index in [0.717, 1.165) is 45.2 Å². The van der Waals surface area contributed by atoms with E-state index in [0.29, 0.717) is 0 Å². The van der Waals surface area contributed by atoms with Gasteiger partial charge in [-0.05, 0) is 57.2 Å². The van der Waals surface area contributed by atoms with E-state index in [4.69, 9.17) is 5.73 Å². The van der Waals surface area contributed by atoms with Crippen molar-refractivity contribution in [2.45, 2.75) is 64.1 Å². The van der Waals surface area contributed by atoms with Crippen LogP contribution in [0.1, 0.15) is 50.7 Å². The minimum atomic E-state index is -0.624. The summed E-state index contributed by atoms with van der Waals surface area (Å²) in [4.78, 5) is 13.7. The summed E-state index contributed by atoms with van der Waals surface area (Å²) in [5.74, 6) is -0.207. The lowest BCUT2D eigenvalue weighted by Gasteiger charge is -2.33. The summed E-state index contributed by atoms with van der Waals surface area (Å²) in [7, 11) is 0. The number of carbonyl (C=O) groups excluding carboxylic acids is 1. The quantitative estimate of drug-likeness (QED) is 0.847. The molecular formula is C18H28N2O2. The van der Waals surface area contributed by atoms with Gasteiger partial charge in [-0.25, -0.2) is 0 Å². The molecule has 0 aliphatic carbocycles. The Morgan fingerprint density at radius 1 is 1.27 bits per heavy atom. The summed E-state index contributed by atoms with van der Waals surface area (Å²) in [5.41, 5.74) is 7.33. The number of amides is 1. The molecule has 1 saturated heterocycles. The molecule has 22 heavy (non-hydrogen) atoms. The predicted octanol–water partition coefficient (Wildman–Crippen LogP) is 2.23. The lowest BCUT2D eigenvalue weighted by Crippen LogP contribution is -2.47. The minimum Gasteiger partial charge on any atom is -0.390 e. The van der Waals surface area contributed by atoms with Gasteiger partial charge < -0.3 is 10.8 Å². The molecule has 1 atom stereocenters. The Morgan fingerprint density at radius 3 is 2.50 bits per heavy atom. The van der Waals surface area contributed by atoms with E-state index >= 15 is 0 Å². The van der Waals surface area contributed by atoms with E-state index in [-0.39, 0.29) is 11.9 Å². The third-order valence-electron chi connectivity index (χ3n) is 4.38. The van der Waals surface area contributed by atoms with Crippen LogP contribution in [0.15, 0.2) is 24.3 Å². The van der Waals surface area contributed by atoms with Gasteiger partial charge in [0.1, 0.15) is 0 Å². The molecule has 1 aliphatic rings. The molecule has 0 radical (unpaired) electrons. The second kappa shape index (κ2) is 7.25. The molecule has 4 heteroatoms. The lowest BCUT2D eigenvalue weighted by molar-refractivity contribution is -0.124. The van der Waals surface area contributed by atoms with Gasteiger partial charge in [-0.3, -0.25) is 9.69 Å². The van der Waals surface area contributed by atoms with Crippen LogP contribution in [0, 0.1) is 0 Å². The molecule has 2 rings (SSSR count). The van der Waals surface area contributed by atoms with Crippen LogP contribution in [0.4, 0.5) is 0 Å². The number of hydrogen-bond acceptors (Lipinski definition) is 3. The molecule has 1 aliphatic heterocycles. The first-order valence-corrected chi connectivity index (χ1v) is 8.19. The van der Waals surface area contributed by atoms with Crippen LogP contribution in [0.25, 0.3) is 0 Å². The number of aryl methyl sites for hydroxylation is 1. The van der Waals surface area contributed by atoms with Gasteiger partial charge in [-0.15, -0.1) is 0 Å². The van der Waals surface area contributed by atoms with Crippen molar-refractivity contribution < 1.29 is 9.90 Å². The number of nitrogens with two attached hydrogens (primary N) is 1. The Hall–Kier alpha value is -1.39. The van der Waals surface area contributed by atoms with Crippen molar-refractivity contribution in [3.05, 3.63) is 35.4 Å². The van der Waals surface area contributed by atoms with Crippen molar-refractivity contribution in [1.82, 2.24) is 4.90 Å². The second-order valence-corrected chi connectivity index (χ2v) is 7.01. The van der Waals surface area contributed by atoms with E-state index < -0.39 is 5.60 Å². The minimum absolute atomic E-state index is 0.122. The Bertz CT molecular complexity index is 491. The van der Waals surface area contributed by atoms with Gasteiger partial charge in [-0.1, -0.05) is 30.7 Å². The number of carbonyl (C=O) groups is 1. The molecule has 1 amide bonds. The average Bonchev–Trinajstić information content (AvgIpc) is 2.46. The van der Waals surface area contributed by atoms with E-state index in [1.807, 2.05) is 13.8 Å². The third-order valence-corrected chi connectivity index (χ3v) is 4.38. The largest absolute Gasteiger partial charge is 0.390 e.